The first-order chi connectivity index (χ1) is 6.03. The predicted molar refractivity (Wildman–Crippen MR) is 41.4 cm³/mol. The van der Waals surface area contributed by atoms with E-state index in [9.17, 15) is 4.79 Å². The van der Waals surface area contributed by atoms with Crippen molar-refractivity contribution in [2.75, 3.05) is 0 Å². The van der Waals surface area contributed by atoms with E-state index in [0.29, 0.717) is 0 Å². The lowest BCUT2D eigenvalue weighted by atomic mass is 10.1. The number of carbonyl (C=O) groups excluding carboxylic acids is 1. The van der Waals surface area contributed by atoms with E-state index in [1.807, 2.05) is 6.07 Å². The van der Waals surface area contributed by atoms with Gasteiger partial charge in [0, 0.05) is 0 Å². The molecule has 5 nitrogen and oxygen atoms in total. The van der Waals surface area contributed by atoms with Gasteiger partial charge in [0.15, 0.2) is 11.9 Å². The van der Waals surface area contributed by atoms with Crippen LogP contribution in [0.2, 0.25) is 0 Å². The van der Waals surface area contributed by atoms with Crippen LogP contribution in [0, 0.1) is 11.3 Å². The van der Waals surface area contributed by atoms with Gasteiger partial charge in [0.25, 0.3) is 5.91 Å². The van der Waals surface area contributed by atoms with E-state index in [-0.39, 0.29) is 5.91 Å². The van der Waals surface area contributed by atoms with Gasteiger partial charge < -0.3 is 14.8 Å². The summed E-state index contributed by atoms with van der Waals surface area (Å²) in [6, 6.07) is 1.38. The minimum absolute atomic E-state index is 0.262. The van der Waals surface area contributed by atoms with E-state index in [4.69, 9.17) is 14.7 Å². The third kappa shape index (κ3) is 1.19. The minimum atomic E-state index is -0.762. The number of fused-ring (bicyclic) bond motifs is 1. The number of nitriles is 1. The number of carbonyl (C=O) groups is 1. The van der Waals surface area contributed by atoms with Gasteiger partial charge in [0.2, 0.25) is 0 Å². The Morgan fingerprint density at radius 1 is 1.54 bits per heavy atom. The van der Waals surface area contributed by atoms with Crippen molar-refractivity contribution in [2.45, 2.75) is 37.9 Å². The Morgan fingerprint density at radius 2 is 2.23 bits per heavy atom. The van der Waals surface area contributed by atoms with Crippen LogP contribution in [0.5, 0.6) is 0 Å². The van der Waals surface area contributed by atoms with Crippen LogP contribution in [-0.2, 0) is 14.3 Å². The normalized spacial score (nSPS) is 41.0. The zero-order chi connectivity index (χ0) is 9.64. The Balaban J connectivity index is 2.23. The summed E-state index contributed by atoms with van der Waals surface area (Å²) in [4.78, 5) is 11.2. The molecule has 2 heterocycles. The molecule has 0 radical (unpaired) electrons. The number of nitrogens with zero attached hydrogens (tertiary/aromatic N) is 1. The second-order valence-corrected chi connectivity index (χ2v) is 3.64. The highest BCUT2D eigenvalue weighted by Gasteiger charge is 2.54. The molecule has 0 aromatic rings. The van der Waals surface area contributed by atoms with Crippen molar-refractivity contribution in [2.24, 2.45) is 0 Å². The number of rotatable bonds is 0. The second kappa shape index (κ2) is 2.44. The van der Waals surface area contributed by atoms with E-state index in [1.165, 1.54) is 0 Å². The van der Waals surface area contributed by atoms with Crippen LogP contribution in [0.3, 0.4) is 0 Å². The molecule has 2 rings (SSSR count). The van der Waals surface area contributed by atoms with E-state index < -0.39 is 24.0 Å². The van der Waals surface area contributed by atoms with Crippen LogP contribution in [0.1, 0.15) is 13.8 Å². The van der Waals surface area contributed by atoms with Gasteiger partial charge >= 0.3 is 0 Å². The number of nitrogens with one attached hydrogen (secondary N) is 1. The Morgan fingerprint density at radius 3 is 2.85 bits per heavy atom. The highest BCUT2D eigenvalue weighted by molar-refractivity contribution is 5.85. The lowest BCUT2D eigenvalue weighted by Crippen LogP contribution is -2.35. The van der Waals surface area contributed by atoms with Gasteiger partial charge in [-0.25, -0.2) is 0 Å². The molecule has 0 spiro atoms. The average molecular weight is 182 g/mol. The first kappa shape index (κ1) is 8.48. The molecular formula is C8H10N2O3. The lowest BCUT2D eigenvalue weighted by Gasteiger charge is -2.19. The second-order valence-electron chi connectivity index (χ2n) is 3.64. The van der Waals surface area contributed by atoms with Gasteiger partial charge in [-0.3, -0.25) is 4.79 Å². The van der Waals surface area contributed by atoms with Crippen LogP contribution in [0.4, 0.5) is 0 Å². The molecule has 13 heavy (non-hydrogen) atoms. The summed E-state index contributed by atoms with van der Waals surface area (Å²) in [5.74, 6) is -1.02. The highest BCUT2D eigenvalue weighted by Crippen LogP contribution is 2.32. The molecule has 5 heteroatoms. The molecule has 0 saturated carbocycles. The molecule has 2 aliphatic rings. The molecule has 2 fully saturated rings. The third-order valence-corrected chi connectivity index (χ3v) is 2.15. The molecule has 2 aliphatic heterocycles. The zero-order valence-corrected chi connectivity index (χ0v) is 7.40. The fraction of sp³-hybridized carbons (Fsp3) is 0.750. The monoisotopic (exact) mass is 182 g/mol. The Kier molecular flexibility index (Phi) is 1.59. The van der Waals surface area contributed by atoms with Crippen molar-refractivity contribution in [3.05, 3.63) is 0 Å². The van der Waals surface area contributed by atoms with E-state index >= 15 is 0 Å². The first-order valence-electron chi connectivity index (χ1n) is 4.09. The Hall–Kier alpha value is -1.12. The average Bonchev–Trinajstić information content (AvgIpc) is 2.47. The molecule has 0 aromatic heterocycles. The van der Waals surface area contributed by atoms with Crippen molar-refractivity contribution < 1.29 is 14.3 Å². The van der Waals surface area contributed by atoms with E-state index in [1.54, 1.807) is 13.8 Å². The van der Waals surface area contributed by atoms with Crippen LogP contribution >= 0.6 is 0 Å². The molecule has 2 saturated heterocycles. The van der Waals surface area contributed by atoms with Crippen LogP contribution in [-0.4, -0.2) is 29.9 Å². The van der Waals surface area contributed by atoms with Gasteiger partial charge in [0.1, 0.15) is 12.1 Å². The van der Waals surface area contributed by atoms with Crippen molar-refractivity contribution in [3.8, 4) is 6.07 Å². The summed E-state index contributed by atoms with van der Waals surface area (Å²) in [7, 11) is 0. The molecule has 0 bridgehead atoms. The molecule has 1 amide bonds. The molecule has 0 aliphatic carbocycles. The molecule has 1 N–H and O–H groups in total. The third-order valence-electron chi connectivity index (χ3n) is 2.15. The minimum Gasteiger partial charge on any atom is -0.341 e. The van der Waals surface area contributed by atoms with E-state index in [2.05, 4.69) is 5.32 Å². The first-order valence-corrected chi connectivity index (χ1v) is 4.09. The summed E-state index contributed by atoms with van der Waals surface area (Å²) in [6.45, 7) is 3.46. The van der Waals surface area contributed by atoms with Gasteiger partial charge in [0.05, 0.1) is 6.07 Å². The predicted octanol–water partition coefficient (Wildman–Crippen LogP) is -0.472. The van der Waals surface area contributed by atoms with Crippen molar-refractivity contribution >= 4 is 5.91 Å². The van der Waals surface area contributed by atoms with Crippen molar-refractivity contribution in [1.29, 1.82) is 5.26 Å². The van der Waals surface area contributed by atoms with E-state index in [0.717, 1.165) is 0 Å². The standard InChI is InChI=1S/C8H10N2O3/c1-8(2)12-5-4(3-9)10-7(11)6(5)13-8/h4-6H,1-2H3,(H,10,11). The van der Waals surface area contributed by atoms with Crippen molar-refractivity contribution in [3.63, 3.8) is 0 Å². The molecule has 0 aromatic carbocycles. The van der Waals surface area contributed by atoms with Gasteiger partial charge in [-0.1, -0.05) is 0 Å². The maximum absolute atomic E-state index is 11.2. The smallest absolute Gasteiger partial charge is 0.253 e. The maximum atomic E-state index is 11.2. The molecular weight excluding hydrogens is 172 g/mol. The van der Waals surface area contributed by atoms with Crippen LogP contribution in [0.25, 0.3) is 0 Å². The Bertz CT molecular complexity index is 294. The lowest BCUT2D eigenvalue weighted by molar-refractivity contribution is -0.161. The number of hydrogen-bond acceptors (Lipinski definition) is 4. The summed E-state index contributed by atoms with van der Waals surface area (Å²) in [6.07, 6.45) is -1.09. The van der Waals surface area contributed by atoms with Crippen molar-refractivity contribution in [1.82, 2.24) is 5.32 Å². The molecule has 3 unspecified atom stereocenters. The van der Waals surface area contributed by atoms with Crippen LogP contribution < -0.4 is 5.32 Å². The van der Waals surface area contributed by atoms with Gasteiger partial charge in [-0.15, -0.1) is 0 Å². The number of ether oxygens (including phenoxy) is 2. The van der Waals surface area contributed by atoms with Gasteiger partial charge in [-0.2, -0.15) is 5.26 Å². The largest absolute Gasteiger partial charge is 0.341 e. The molecule has 3 atom stereocenters. The Labute approximate surface area is 75.6 Å². The highest BCUT2D eigenvalue weighted by atomic mass is 16.8. The van der Waals surface area contributed by atoms with Crippen LogP contribution in [0.15, 0.2) is 0 Å². The molecule has 70 valence electrons. The number of amides is 1. The summed E-state index contributed by atoms with van der Waals surface area (Å²) in [5.41, 5.74) is 0. The summed E-state index contributed by atoms with van der Waals surface area (Å²) in [5, 5.41) is 11.2. The SMILES string of the molecule is CC1(C)OC2C(=O)NC(C#N)C2O1. The summed E-state index contributed by atoms with van der Waals surface area (Å²) >= 11 is 0. The summed E-state index contributed by atoms with van der Waals surface area (Å²) < 4.78 is 10.8. The topological polar surface area (TPSA) is 71.3 Å². The fourth-order valence-electron chi connectivity index (χ4n) is 1.66. The zero-order valence-electron chi connectivity index (χ0n) is 7.40. The number of hydrogen-bond donors (Lipinski definition) is 1. The maximum Gasteiger partial charge on any atom is 0.253 e. The van der Waals surface area contributed by atoms with Gasteiger partial charge in [-0.05, 0) is 13.8 Å². The fourth-order valence-corrected chi connectivity index (χ4v) is 1.66. The quantitative estimate of drug-likeness (QED) is 0.549.